The molecule has 2 aliphatic heterocycles. The number of hydrogen-bond donors (Lipinski definition) is 1. The number of nitrogens with zero attached hydrogens (tertiary/aromatic N) is 1. The summed E-state index contributed by atoms with van der Waals surface area (Å²) >= 11 is 0. The molecule has 1 N–H and O–H groups in total. The molecule has 0 aromatic heterocycles. The van der Waals surface area contributed by atoms with Crippen LogP contribution < -0.4 is 0 Å². The van der Waals surface area contributed by atoms with Crippen LogP contribution >= 0.6 is 0 Å². The first-order valence-corrected chi connectivity index (χ1v) is 8.88. The molecule has 1 aromatic rings. The van der Waals surface area contributed by atoms with Gasteiger partial charge in [-0.3, -0.25) is 4.90 Å². The third kappa shape index (κ3) is 4.21. The van der Waals surface area contributed by atoms with E-state index >= 15 is 0 Å². The van der Waals surface area contributed by atoms with Crippen molar-refractivity contribution >= 4 is 6.09 Å². The molecule has 0 saturated carbocycles. The Morgan fingerprint density at radius 2 is 1.67 bits per heavy atom. The molecule has 2 saturated heterocycles. The third-order valence-electron chi connectivity index (χ3n) is 4.91. The van der Waals surface area contributed by atoms with E-state index in [0.717, 1.165) is 12.1 Å². The average Bonchev–Trinajstić information content (AvgIpc) is 2.51. The minimum atomic E-state index is -4.43. The molecular formula is C19H24F3NO4. The highest BCUT2D eigenvalue weighted by atomic mass is 19.4. The number of amides is 1. The molecule has 2 fully saturated rings. The molecule has 8 heteroatoms. The van der Waals surface area contributed by atoms with Crippen LogP contribution in [0.25, 0.3) is 0 Å². The van der Waals surface area contributed by atoms with Crippen molar-refractivity contribution in [3.8, 4) is 0 Å². The molecule has 0 spiro atoms. The van der Waals surface area contributed by atoms with Crippen LogP contribution in [0.3, 0.4) is 0 Å². The van der Waals surface area contributed by atoms with Crippen molar-refractivity contribution in [2.45, 2.75) is 63.1 Å². The number of halogens is 3. The summed E-state index contributed by atoms with van der Waals surface area (Å²) in [7, 11) is 0. The second-order valence-corrected chi connectivity index (χ2v) is 8.25. The van der Waals surface area contributed by atoms with Gasteiger partial charge < -0.3 is 14.6 Å². The van der Waals surface area contributed by atoms with Crippen LogP contribution in [0.15, 0.2) is 24.3 Å². The van der Waals surface area contributed by atoms with Gasteiger partial charge >= 0.3 is 12.3 Å². The van der Waals surface area contributed by atoms with E-state index in [1.54, 1.807) is 25.7 Å². The number of alkyl halides is 3. The fraction of sp³-hybridized carbons (Fsp3) is 0.632. The van der Waals surface area contributed by atoms with Crippen molar-refractivity contribution in [1.29, 1.82) is 0 Å². The van der Waals surface area contributed by atoms with Gasteiger partial charge in [-0.1, -0.05) is 12.1 Å². The molecule has 27 heavy (non-hydrogen) atoms. The quantitative estimate of drug-likeness (QED) is 0.799. The zero-order chi connectivity index (χ0) is 20.0. The van der Waals surface area contributed by atoms with Gasteiger partial charge in [0, 0.05) is 12.8 Å². The summed E-state index contributed by atoms with van der Waals surface area (Å²) in [5.74, 6) is 0. The molecule has 2 heterocycles. The lowest BCUT2D eigenvalue weighted by atomic mass is 9.77. The van der Waals surface area contributed by atoms with Crippen molar-refractivity contribution in [2.75, 3.05) is 13.2 Å². The number of fused-ring (bicyclic) bond motifs is 2. The van der Waals surface area contributed by atoms with E-state index in [9.17, 15) is 23.1 Å². The van der Waals surface area contributed by atoms with Crippen LogP contribution in [0.4, 0.5) is 18.0 Å². The van der Waals surface area contributed by atoms with Gasteiger partial charge in [0.1, 0.15) is 5.60 Å². The molecule has 2 aliphatic rings. The number of piperidine rings is 1. The molecular weight excluding hydrogens is 363 g/mol. The van der Waals surface area contributed by atoms with E-state index in [2.05, 4.69) is 0 Å². The summed E-state index contributed by atoms with van der Waals surface area (Å²) in [6, 6.07) is 3.75. The fourth-order valence-corrected chi connectivity index (χ4v) is 3.79. The van der Waals surface area contributed by atoms with Crippen molar-refractivity contribution in [2.24, 2.45) is 0 Å². The lowest BCUT2D eigenvalue weighted by molar-refractivity contribution is -0.142. The van der Waals surface area contributed by atoms with Crippen LogP contribution in [-0.4, -0.2) is 47.0 Å². The zero-order valence-electron chi connectivity index (χ0n) is 15.5. The van der Waals surface area contributed by atoms with E-state index in [1.807, 2.05) is 0 Å². The van der Waals surface area contributed by atoms with Crippen LogP contribution in [0, 0.1) is 0 Å². The molecule has 3 rings (SSSR count). The number of ether oxygens (including phenoxy) is 2. The second-order valence-electron chi connectivity index (χ2n) is 8.25. The molecule has 2 bridgehead atoms. The number of carbonyl (C=O) groups excluding carboxylic acids is 1. The summed E-state index contributed by atoms with van der Waals surface area (Å²) in [6.07, 6.45) is -4.54. The number of rotatable bonds is 1. The molecule has 150 valence electrons. The maximum absolute atomic E-state index is 12.8. The number of morpholine rings is 1. The van der Waals surface area contributed by atoms with Gasteiger partial charge in [0.2, 0.25) is 0 Å². The Bertz CT molecular complexity index is 682. The Morgan fingerprint density at radius 3 is 2.11 bits per heavy atom. The summed E-state index contributed by atoms with van der Waals surface area (Å²) in [4.78, 5) is 14.2. The highest BCUT2D eigenvalue weighted by molar-refractivity contribution is 5.69. The van der Waals surface area contributed by atoms with Crippen LogP contribution in [-0.2, 0) is 21.3 Å². The number of benzene rings is 1. The van der Waals surface area contributed by atoms with Crippen molar-refractivity contribution in [1.82, 2.24) is 4.90 Å². The lowest BCUT2D eigenvalue weighted by Gasteiger charge is -2.51. The topological polar surface area (TPSA) is 59.0 Å². The Kier molecular flexibility index (Phi) is 4.93. The second kappa shape index (κ2) is 6.67. The minimum Gasteiger partial charge on any atom is -0.444 e. The standard InChI is InChI=1S/C19H24F3NO4/c1-17(2,3)27-16(24)23-14-8-18(25,9-15(23)11-26-10-14)12-4-6-13(7-5-12)19(20,21)22/h4-7,14-15,25H,8-11H2,1-3H3. The molecule has 0 aliphatic carbocycles. The highest BCUT2D eigenvalue weighted by Crippen LogP contribution is 2.42. The van der Waals surface area contributed by atoms with Crippen LogP contribution in [0.2, 0.25) is 0 Å². The lowest BCUT2D eigenvalue weighted by Crippen LogP contribution is -2.63. The van der Waals surface area contributed by atoms with Gasteiger partial charge in [0.15, 0.2) is 0 Å². The van der Waals surface area contributed by atoms with Crippen LogP contribution in [0.5, 0.6) is 0 Å². The van der Waals surface area contributed by atoms with Gasteiger partial charge in [-0.15, -0.1) is 0 Å². The summed E-state index contributed by atoms with van der Waals surface area (Å²) in [5.41, 5.74) is -2.31. The first-order valence-electron chi connectivity index (χ1n) is 8.88. The molecule has 1 amide bonds. The molecule has 1 aromatic carbocycles. The predicted molar refractivity (Wildman–Crippen MR) is 91.0 cm³/mol. The van der Waals surface area contributed by atoms with Gasteiger partial charge in [-0.25, -0.2) is 4.79 Å². The third-order valence-corrected chi connectivity index (χ3v) is 4.91. The number of carbonyl (C=O) groups is 1. The van der Waals surface area contributed by atoms with E-state index in [4.69, 9.17) is 9.47 Å². The largest absolute Gasteiger partial charge is 0.444 e. The number of aliphatic hydroxyl groups is 1. The highest BCUT2D eigenvalue weighted by Gasteiger charge is 2.50. The molecule has 2 atom stereocenters. The normalized spacial score (nSPS) is 28.8. The summed E-state index contributed by atoms with van der Waals surface area (Å²) in [5, 5.41) is 11.2. The monoisotopic (exact) mass is 387 g/mol. The number of hydrogen-bond acceptors (Lipinski definition) is 4. The Balaban J connectivity index is 1.82. The van der Waals surface area contributed by atoms with Gasteiger partial charge in [-0.05, 0) is 38.5 Å². The fourth-order valence-electron chi connectivity index (χ4n) is 3.79. The predicted octanol–water partition coefficient (Wildman–Crippen LogP) is 3.69. The molecule has 5 nitrogen and oxygen atoms in total. The Labute approximate surface area is 156 Å². The van der Waals surface area contributed by atoms with Crippen LogP contribution in [0.1, 0.15) is 44.7 Å². The van der Waals surface area contributed by atoms with E-state index in [0.29, 0.717) is 5.56 Å². The zero-order valence-corrected chi connectivity index (χ0v) is 15.5. The van der Waals surface area contributed by atoms with E-state index in [1.165, 1.54) is 12.1 Å². The summed E-state index contributed by atoms with van der Waals surface area (Å²) in [6.45, 7) is 5.83. The van der Waals surface area contributed by atoms with E-state index in [-0.39, 0.29) is 26.1 Å². The van der Waals surface area contributed by atoms with Gasteiger partial charge in [0.25, 0.3) is 0 Å². The molecule has 2 unspecified atom stereocenters. The minimum absolute atomic E-state index is 0.175. The first-order chi connectivity index (χ1) is 12.4. The SMILES string of the molecule is CC(C)(C)OC(=O)N1C2COCC1CC(O)(c1ccc(C(F)(F)F)cc1)C2. The summed E-state index contributed by atoms with van der Waals surface area (Å²) < 4.78 is 49.3. The average molecular weight is 387 g/mol. The van der Waals surface area contributed by atoms with Crippen molar-refractivity contribution in [3.63, 3.8) is 0 Å². The smallest absolute Gasteiger partial charge is 0.416 e. The Hall–Kier alpha value is -1.80. The molecule has 0 radical (unpaired) electrons. The maximum atomic E-state index is 12.8. The van der Waals surface area contributed by atoms with E-state index < -0.39 is 41.1 Å². The first kappa shape index (κ1) is 19.9. The van der Waals surface area contributed by atoms with Crippen molar-refractivity contribution < 1.29 is 32.5 Å². The maximum Gasteiger partial charge on any atom is 0.416 e. The van der Waals surface area contributed by atoms with Gasteiger partial charge in [0.05, 0.1) is 36.5 Å². The van der Waals surface area contributed by atoms with Gasteiger partial charge in [-0.2, -0.15) is 13.2 Å². The van der Waals surface area contributed by atoms with Crippen molar-refractivity contribution in [3.05, 3.63) is 35.4 Å². The Morgan fingerprint density at radius 1 is 1.15 bits per heavy atom.